The number of H-pyrrole nitrogens is 1. The molecule has 4 aromatic rings. The van der Waals surface area contributed by atoms with Gasteiger partial charge in [0.2, 0.25) is 0 Å². The fraction of sp³-hybridized carbons (Fsp3) is 0.267. The molecule has 218 valence electrons. The number of nitrogens with zero attached hydrogens (tertiary/aromatic N) is 4. The maximum atomic E-state index is 14.1. The Hall–Kier alpha value is -4.38. The van der Waals surface area contributed by atoms with E-state index in [1.807, 2.05) is 6.07 Å². The highest BCUT2D eigenvalue weighted by atomic mass is 35.5. The first kappa shape index (κ1) is 29.1. The fourth-order valence-electron chi connectivity index (χ4n) is 4.89. The van der Waals surface area contributed by atoms with Crippen molar-refractivity contribution in [1.29, 1.82) is 0 Å². The molecule has 0 radical (unpaired) electrons. The number of alkyl halides is 3. The summed E-state index contributed by atoms with van der Waals surface area (Å²) in [5, 5.41) is 9.09. The van der Waals surface area contributed by atoms with Gasteiger partial charge < -0.3 is 15.1 Å². The van der Waals surface area contributed by atoms with Gasteiger partial charge in [0.15, 0.2) is 5.78 Å². The molecule has 1 aliphatic heterocycles. The third kappa shape index (κ3) is 6.11. The van der Waals surface area contributed by atoms with Gasteiger partial charge in [-0.05, 0) is 61.7 Å². The number of rotatable bonds is 7. The number of aromatic amines is 1. The molecule has 5 rings (SSSR count). The van der Waals surface area contributed by atoms with Crippen molar-refractivity contribution in [2.24, 2.45) is 0 Å². The molecule has 2 aromatic heterocycles. The van der Waals surface area contributed by atoms with E-state index >= 15 is 0 Å². The van der Waals surface area contributed by atoms with Crippen LogP contribution in [0, 0.1) is 0 Å². The van der Waals surface area contributed by atoms with Crippen LogP contribution >= 0.6 is 11.6 Å². The highest BCUT2D eigenvalue weighted by molar-refractivity contribution is 6.31. The Bertz CT molecular complexity index is 1630. The minimum absolute atomic E-state index is 0.0348. The van der Waals surface area contributed by atoms with Crippen molar-refractivity contribution in [3.8, 4) is 11.3 Å². The second-order valence-electron chi connectivity index (χ2n) is 10.2. The summed E-state index contributed by atoms with van der Waals surface area (Å²) < 4.78 is 40.7. The molecule has 3 heterocycles. The number of carbonyl (C=O) groups is 2. The Balaban J connectivity index is 1.55. The number of amides is 1. The van der Waals surface area contributed by atoms with E-state index in [-0.39, 0.29) is 28.1 Å². The lowest BCUT2D eigenvalue weighted by molar-refractivity contribution is -0.137. The second kappa shape index (κ2) is 11.8. The number of carbonyl (C=O) groups excluding carboxylic acids is 2. The minimum atomic E-state index is -4.69. The highest BCUT2D eigenvalue weighted by Crippen LogP contribution is 2.38. The molecule has 12 heteroatoms. The van der Waals surface area contributed by atoms with Gasteiger partial charge in [0.05, 0.1) is 21.8 Å². The summed E-state index contributed by atoms with van der Waals surface area (Å²) in [6.45, 7) is 1.65. The number of hydrogen-bond acceptors (Lipinski definition) is 6. The van der Waals surface area contributed by atoms with Crippen LogP contribution in [0.5, 0.6) is 0 Å². The quantitative estimate of drug-likeness (QED) is 0.231. The van der Waals surface area contributed by atoms with Crippen LogP contribution in [0.2, 0.25) is 5.02 Å². The molecule has 2 aromatic carbocycles. The second-order valence-corrected chi connectivity index (χ2v) is 10.6. The van der Waals surface area contributed by atoms with E-state index in [1.54, 1.807) is 43.3 Å². The summed E-state index contributed by atoms with van der Waals surface area (Å²) in [7, 11) is 3.61. The number of pyridine rings is 1. The molecule has 1 aliphatic rings. The molecule has 42 heavy (non-hydrogen) atoms. The average Bonchev–Trinajstić information content (AvgIpc) is 3.47. The Kier molecular flexibility index (Phi) is 8.22. The average molecular weight is 597 g/mol. The first-order valence-electron chi connectivity index (χ1n) is 13.3. The lowest BCUT2D eigenvalue weighted by atomic mass is 9.97. The molecule has 1 amide bonds. The maximum Gasteiger partial charge on any atom is 0.417 e. The van der Waals surface area contributed by atoms with Gasteiger partial charge in [-0.2, -0.15) is 18.3 Å². The summed E-state index contributed by atoms with van der Waals surface area (Å²) in [6, 6.07) is 11.8. The SMILES string of the molecule is CN(C)c1cc(C(=O)Nc2ccc(N3CCCCC3)cc2C(=O)c2c[nH]nc2-c2ccc(Cl)c(C(F)(F)F)c2)ccn1. The number of anilines is 3. The van der Waals surface area contributed by atoms with E-state index in [1.165, 1.54) is 18.5 Å². The van der Waals surface area contributed by atoms with E-state index in [0.29, 0.717) is 11.4 Å². The molecular formula is C30H28ClF3N6O2. The van der Waals surface area contributed by atoms with Crippen molar-refractivity contribution in [3.05, 3.63) is 88.2 Å². The van der Waals surface area contributed by atoms with Crippen molar-refractivity contribution in [1.82, 2.24) is 15.2 Å². The Morgan fingerprint density at radius 3 is 2.48 bits per heavy atom. The number of benzene rings is 2. The molecule has 0 unspecified atom stereocenters. The molecule has 0 saturated carbocycles. The Labute approximate surface area is 245 Å². The van der Waals surface area contributed by atoms with Crippen LogP contribution in [0.25, 0.3) is 11.3 Å². The smallest absolute Gasteiger partial charge is 0.372 e. The first-order valence-corrected chi connectivity index (χ1v) is 13.7. The molecular weight excluding hydrogens is 569 g/mol. The van der Waals surface area contributed by atoms with Gasteiger partial charge in [-0.1, -0.05) is 17.7 Å². The standard InChI is InChI=1S/C30H28ClF3N6O2/c1-39(2)26-15-19(10-11-35-26)29(42)37-25-9-7-20(40-12-4-3-5-13-40)16-21(25)28(41)22-17-36-38-27(22)18-6-8-24(31)23(14-18)30(32,33)34/h6-11,14-17H,3-5,12-13H2,1-2H3,(H,36,38)(H,37,42). The van der Waals surface area contributed by atoms with E-state index in [0.717, 1.165) is 50.2 Å². The van der Waals surface area contributed by atoms with E-state index in [9.17, 15) is 22.8 Å². The van der Waals surface area contributed by atoms with Crippen LogP contribution in [-0.4, -0.2) is 54.1 Å². The maximum absolute atomic E-state index is 14.1. The monoisotopic (exact) mass is 596 g/mol. The number of hydrogen-bond donors (Lipinski definition) is 2. The molecule has 0 spiro atoms. The predicted octanol–water partition coefficient (Wildman–Crippen LogP) is 6.68. The normalized spacial score (nSPS) is 13.6. The van der Waals surface area contributed by atoms with Crippen LogP contribution in [0.4, 0.5) is 30.4 Å². The van der Waals surface area contributed by atoms with Crippen molar-refractivity contribution >= 4 is 40.5 Å². The van der Waals surface area contributed by atoms with Gasteiger partial charge >= 0.3 is 6.18 Å². The van der Waals surface area contributed by atoms with Crippen LogP contribution in [-0.2, 0) is 6.18 Å². The van der Waals surface area contributed by atoms with Crippen LogP contribution in [0.1, 0.15) is 51.1 Å². The molecule has 2 N–H and O–H groups in total. The van der Waals surface area contributed by atoms with Crippen molar-refractivity contribution in [2.75, 3.05) is 42.3 Å². The van der Waals surface area contributed by atoms with Gasteiger partial charge in [0.25, 0.3) is 5.91 Å². The Morgan fingerprint density at radius 2 is 1.76 bits per heavy atom. The molecule has 0 atom stereocenters. The predicted molar refractivity (Wildman–Crippen MR) is 156 cm³/mol. The van der Waals surface area contributed by atoms with Crippen molar-refractivity contribution in [2.45, 2.75) is 25.4 Å². The summed E-state index contributed by atoms with van der Waals surface area (Å²) in [4.78, 5) is 35.5. The van der Waals surface area contributed by atoms with Gasteiger partial charge in [-0.15, -0.1) is 0 Å². The zero-order valence-corrected chi connectivity index (χ0v) is 23.7. The van der Waals surface area contributed by atoms with Crippen LogP contribution in [0.15, 0.2) is 60.9 Å². The molecule has 0 bridgehead atoms. The summed E-state index contributed by atoms with van der Waals surface area (Å²) in [6.07, 6.45) is 1.33. The van der Waals surface area contributed by atoms with Crippen LogP contribution in [0.3, 0.4) is 0 Å². The molecule has 1 saturated heterocycles. The van der Waals surface area contributed by atoms with Crippen LogP contribution < -0.4 is 15.1 Å². The fourth-order valence-corrected chi connectivity index (χ4v) is 5.12. The zero-order chi connectivity index (χ0) is 30.0. The third-order valence-corrected chi connectivity index (χ3v) is 7.44. The first-order chi connectivity index (χ1) is 20.0. The largest absolute Gasteiger partial charge is 0.417 e. The summed E-state index contributed by atoms with van der Waals surface area (Å²) >= 11 is 5.81. The third-order valence-electron chi connectivity index (χ3n) is 7.11. The van der Waals surface area contributed by atoms with E-state index in [4.69, 9.17) is 11.6 Å². The lowest BCUT2D eigenvalue weighted by Crippen LogP contribution is -2.29. The lowest BCUT2D eigenvalue weighted by Gasteiger charge is -2.29. The van der Waals surface area contributed by atoms with Crippen molar-refractivity contribution in [3.63, 3.8) is 0 Å². The van der Waals surface area contributed by atoms with E-state index < -0.39 is 28.5 Å². The number of ketones is 1. The topological polar surface area (TPSA) is 94.2 Å². The number of aromatic nitrogens is 3. The van der Waals surface area contributed by atoms with Gasteiger partial charge in [0, 0.05) is 62.0 Å². The van der Waals surface area contributed by atoms with E-state index in [2.05, 4.69) is 25.4 Å². The number of halogens is 4. The molecule has 0 aliphatic carbocycles. The van der Waals surface area contributed by atoms with Gasteiger partial charge in [0.1, 0.15) is 11.5 Å². The van der Waals surface area contributed by atoms with Crippen molar-refractivity contribution < 1.29 is 22.8 Å². The number of piperidine rings is 1. The number of nitrogens with one attached hydrogen (secondary N) is 2. The Morgan fingerprint density at radius 1 is 1.00 bits per heavy atom. The zero-order valence-electron chi connectivity index (χ0n) is 22.9. The highest BCUT2D eigenvalue weighted by Gasteiger charge is 2.34. The van der Waals surface area contributed by atoms with Gasteiger partial charge in [-0.3, -0.25) is 14.7 Å². The summed E-state index contributed by atoms with van der Waals surface area (Å²) in [5.74, 6) is -0.371. The van der Waals surface area contributed by atoms with Gasteiger partial charge in [-0.25, -0.2) is 4.98 Å². The molecule has 8 nitrogen and oxygen atoms in total. The minimum Gasteiger partial charge on any atom is -0.372 e. The molecule has 1 fully saturated rings. The summed E-state index contributed by atoms with van der Waals surface area (Å²) in [5.41, 5.74) is 0.722.